The van der Waals surface area contributed by atoms with E-state index in [1.54, 1.807) is 6.20 Å². The highest BCUT2D eigenvalue weighted by molar-refractivity contribution is 5.85. The van der Waals surface area contributed by atoms with Crippen LogP contribution in [0.2, 0.25) is 0 Å². The number of carbonyl (C=O) groups is 2. The summed E-state index contributed by atoms with van der Waals surface area (Å²) in [5, 5.41) is 5.90. The lowest BCUT2D eigenvalue weighted by molar-refractivity contribution is 0.164. The van der Waals surface area contributed by atoms with Crippen molar-refractivity contribution in [1.29, 1.82) is 0 Å². The molecule has 0 aliphatic carbocycles. The van der Waals surface area contributed by atoms with E-state index in [4.69, 9.17) is 5.84 Å². The number of ether oxygens (including phenoxy) is 1. The second kappa shape index (κ2) is 5.93. The van der Waals surface area contributed by atoms with E-state index in [0.717, 1.165) is 10.9 Å². The summed E-state index contributed by atoms with van der Waals surface area (Å²) in [6.07, 6.45) is 0.252. The quantitative estimate of drug-likeness (QED) is 0.245. The molecule has 1 heterocycles. The van der Waals surface area contributed by atoms with Crippen LogP contribution >= 0.6 is 0 Å². The number of aromatic nitrogens is 1. The van der Waals surface area contributed by atoms with Crippen LogP contribution in [0, 0.1) is 0 Å². The molecule has 2 rings (SSSR count). The standard InChI is InChI=1S/C12H15N5O3/c1-20-12(19)16-10(15-11(18)17-13)8-6-14-9-5-3-2-4-7(8)9/h2-6,10,14H,13H2,1H3,(H,16,19)(H2,15,17,18). The first kappa shape index (κ1) is 13.7. The van der Waals surface area contributed by atoms with Crippen LogP contribution in [0.3, 0.4) is 0 Å². The van der Waals surface area contributed by atoms with Gasteiger partial charge in [0.05, 0.1) is 7.11 Å². The molecule has 0 spiro atoms. The van der Waals surface area contributed by atoms with Gasteiger partial charge >= 0.3 is 12.1 Å². The van der Waals surface area contributed by atoms with Gasteiger partial charge in [-0.15, -0.1) is 0 Å². The molecule has 0 fully saturated rings. The third-order valence-electron chi connectivity index (χ3n) is 2.79. The molecule has 3 amide bonds. The summed E-state index contributed by atoms with van der Waals surface area (Å²) in [4.78, 5) is 25.8. The molecule has 6 N–H and O–H groups in total. The monoisotopic (exact) mass is 277 g/mol. The van der Waals surface area contributed by atoms with Gasteiger partial charge < -0.3 is 15.0 Å². The molecule has 106 valence electrons. The molecule has 0 radical (unpaired) electrons. The lowest BCUT2D eigenvalue weighted by Crippen LogP contribution is -2.47. The average molecular weight is 277 g/mol. The number of para-hydroxylation sites is 1. The van der Waals surface area contributed by atoms with Crippen LogP contribution in [0.25, 0.3) is 10.9 Å². The third-order valence-corrected chi connectivity index (χ3v) is 2.79. The van der Waals surface area contributed by atoms with Crippen molar-refractivity contribution in [3.05, 3.63) is 36.0 Å². The fraction of sp³-hybridized carbons (Fsp3) is 0.167. The van der Waals surface area contributed by atoms with E-state index in [0.29, 0.717) is 5.56 Å². The average Bonchev–Trinajstić information content (AvgIpc) is 2.90. The van der Waals surface area contributed by atoms with E-state index < -0.39 is 18.3 Å². The van der Waals surface area contributed by atoms with Gasteiger partial charge in [0.15, 0.2) is 0 Å². The Morgan fingerprint density at radius 2 is 2.05 bits per heavy atom. The summed E-state index contributed by atoms with van der Waals surface area (Å²) in [5.74, 6) is 5.04. The van der Waals surface area contributed by atoms with Crippen molar-refractivity contribution in [2.24, 2.45) is 5.84 Å². The zero-order valence-corrected chi connectivity index (χ0v) is 10.8. The zero-order chi connectivity index (χ0) is 14.5. The number of methoxy groups -OCH3 is 1. The Balaban J connectivity index is 2.34. The van der Waals surface area contributed by atoms with Crippen LogP contribution in [0.5, 0.6) is 0 Å². The van der Waals surface area contributed by atoms with Gasteiger partial charge in [0.2, 0.25) is 0 Å². The van der Waals surface area contributed by atoms with Gasteiger partial charge in [-0.2, -0.15) is 0 Å². The molecular formula is C12H15N5O3. The van der Waals surface area contributed by atoms with Gasteiger partial charge in [-0.3, -0.25) is 10.7 Å². The smallest absolute Gasteiger partial charge is 0.408 e. The number of hydrogen-bond acceptors (Lipinski definition) is 4. The Kier molecular flexibility index (Phi) is 4.06. The number of amides is 3. The molecule has 8 nitrogen and oxygen atoms in total. The van der Waals surface area contributed by atoms with Crippen LogP contribution in [-0.2, 0) is 4.74 Å². The first-order valence-corrected chi connectivity index (χ1v) is 5.83. The van der Waals surface area contributed by atoms with Crippen LogP contribution in [0.4, 0.5) is 9.59 Å². The number of urea groups is 1. The van der Waals surface area contributed by atoms with Crippen molar-refractivity contribution in [2.75, 3.05) is 7.11 Å². The maximum atomic E-state index is 11.4. The largest absolute Gasteiger partial charge is 0.453 e. The van der Waals surface area contributed by atoms with Crippen LogP contribution in [-0.4, -0.2) is 24.2 Å². The number of alkyl carbamates (subject to hydrolysis) is 1. The number of nitrogens with one attached hydrogen (secondary N) is 4. The Morgan fingerprint density at radius 1 is 1.30 bits per heavy atom. The van der Waals surface area contributed by atoms with Crippen molar-refractivity contribution in [2.45, 2.75) is 6.17 Å². The Labute approximate surface area is 114 Å². The number of hydrogen-bond donors (Lipinski definition) is 5. The maximum absolute atomic E-state index is 11.4. The zero-order valence-electron chi connectivity index (χ0n) is 10.8. The normalized spacial score (nSPS) is 11.7. The molecule has 0 saturated carbocycles. The lowest BCUT2D eigenvalue weighted by atomic mass is 10.1. The van der Waals surface area contributed by atoms with Crippen molar-refractivity contribution in [1.82, 2.24) is 21.0 Å². The lowest BCUT2D eigenvalue weighted by Gasteiger charge is -2.18. The number of fused-ring (bicyclic) bond motifs is 1. The maximum Gasteiger partial charge on any atom is 0.408 e. The number of nitrogens with two attached hydrogens (primary N) is 1. The highest BCUT2D eigenvalue weighted by atomic mass is 16.5. The highest BCUT2D eigenvalue weighted by Gasteiger charge is 2.20. The van der Waals surface area contributed by atoms with E-state index in [2.05, 4.69) is 20.4 Å². The van der Waals surface area contributed by atoms with Gasteiger partial charge in [0.25, 0.3) is 0 Å². The first-order chi connectivity index (χ1) is 9.65. The summed E-state index contributed by atoms with van der Waals surface area (Å²) in [7, 11) is 1.24. The van der Waals surface area contributed by atoms with Crippen LogP contribution < -0.4 is 21.9 Å². The minimum Gasteiger partial charge on any atom is -0.453 e. The van der Waals surface area contributed by atoms with Gasteiger partial charge in [0, 0.05) is 22.7 Å². The fourth-order valence-electron chi connectivity index (χ4n) is 1.87. The van der Waals surface area contributed by atoms with Crippen molar-refractivity contribution in [3.8, 4) is 0 Å². The summed E-state index contributed by atoms with van der Waals surface area (Å²) in [6.45, 7) is 0. The summed E-state index contributed by atoms with van der Waals surface area (Å²) in [5.41, 5.74) is 3.52. The molecule has 1 atom stereocenters. The van der Waals surface area contributed by atoms with E-state index in [-0.39, 0.29) is 0 Å². The topological polar surface area (TPSA) is 121 Å². The third kappa shape index (κ3) is 2.81. The molecule has 0 aliphatic rings. The predicted molar refractivity (Wildman–Crippen MR) is 72.4 cm³/mol. The number of rotatable bonds is 3. The molecule has 2 aromatic rings. The molecule has 1 aromatic carbocycles. The molecule has 0 bridgehead atoms. The minimum atomic E-state index is -0.776. The Morgan fingerprint density at radius 3 is 2.75 bits per heavy atom. The van der Waals surface area contributed by atoms with Crippen molar-refractivity contribution >= 4 is 23.0 Å². The van der Waals surface area contributed by atoms with E-state index in [1.165, 1.54) is 7.11 Å². The van der Waals surface area contributed by atoms with Crippen molar-refractivity contribution < 1.29 is 14.3 Å². The number of benzene rings is 1. The molecule has 20 heavy (non-hydrogen) atoms. The Hall–Kier alpha value is -2.74. The predicted octanol–water partition coefficient (Wildman–Crippen LogP) is 0.695. The van der Waals surface area contributed by atoms with E-state index in [1.807, 2.05) is 29.7 Å². The SMILES string of the molecule is COC(=O)NC(NC(=O)NN)c1c[nH]c2ccccc12. The van der Waals surface area contributed by atoms with E-state index in [9.17, 15) is 9.59 Å². The minimum absolute atomic E-state index is 0.628. The Bertz CT molecular complexity index is 606. The number of aromatic amines is 1. The second-order valence-electron chi connectivity index (χ2n) is 3.98. The number of carbonyl (C=O) groups excluding carboxylic acids is 2. The van der Waals surface area contributed by atoms with Crippen LogP contribution in [0.1, 0.15) is 11.7 Å². The first-order valence-electron chi connectivity index (χ1n) is 5.83. The summed E-state index contributed by atoms with van der Waals surface area (Å²) in [6, 6.07) is 6.87. The summed E-state index contributed by atoms with van der Waals surface area (Å²) >= 11 is 0. The number of H-pyrrole nitrogens is 1. The molecule has 0 saturated heterocycles. The summed E-state index contributed by atoms with van der Waals surface area (Å²) < 4.78 is 4.54. The molecule has 8 heteroatoms. The van der Waals surface area contributed by atoms with E-state index >= 15 is 0 Å². The second-order valence-corrected chi connectivity index (χ2v) is 3.98. The van der Waals surface area contributed by atoms with Gasteiger partial charge in [-0.25, -0.2) is 15.4 Å². The van der Waals surface area contributed by atoms with Gasteiger partial charge in [-0.1, -0.05) is 18.2 Å². The van der Waals surface area contributed by atoms with Gasteiger partial charge in [0.1, 0.15) is 6.17 Å². The highest BCUT2D eigenvalue weighted by Crippen LogP contribution is 2.22. The van der Waals surface area contributed by atoms with Crippen molar-refractivity contribution in [3.63, 3.8) is 0 Å². The molecular weight excluding hydrogens is 262 g/mol. The van der Waals surface area contributed by atoms with Crippen LogP contribution in [0.15, 0.2) is 30.5 Å². The van der Waals surface area contributed by atoms with Gasteiger partial charge in [-0.05, 0) is 6.07 Å². The molecule has 1 aromatic heterocycles. The molecule has 1 unspecified atom stereocenters. The fourth-order valence-corrected chi connectivity index (χ4v) is 1.87. The number of hydrazine groups is 1. The molecule has 0 aliphatic heterocycles.